The third-order valence-electron chi connectivity index (χ3n) is 8.56. The standard InChI is InChI=1S/C30H30F2N8O3S/c1-37(29-34-24(23(17-33)44-29)18-2-4-19(31)5-3-18)27-21-16-22(25(32)35-26(21)36-40(27)20-6-7-20)38-10-12-39(13-11-38)28(41)30(42)8-14-43-15-9-30/h2-5,16,20,42H,6-15H2,1H3. The summed E-state index contributed by atoms with van der Waals surface area (Å²) in [6.45, 7) is 2.13. The second-order valence-electron chi connectivity index (χ2n) is 11.4. The van der Waals surface area contributed by atoms with Crippen LogP contribution in [0.3, 0.4) is 0 Å². The molecule has 1 amide bonds. The number of hydrogen-bond donors (Lipinski definition) is 1. The van der Waals surface area contributed by atoms with Crippen LogP contribution in [0, 0.1) is 23.1 Å². The van der Waals surface area contributed by atoms with Crippen molar-refractivity contribution < 1.29 is 23.4 Å². The van der Waals surface area contributed by atoms with Gasteiger partial charge in [-0.25, -0.2) is 14.1 Å². The number of piperazine rings is 1. The summed E-state index contributed by atoms with van der Waals surface area (Å²) in [4.78, 5) is 27.8. The van der Waals surface area contributed by atoms with Crippen LogP contribution in [0.4, 0.5) is 25.4 Å². The van der Waals surface area contributed by atoms with E-state index in [9.17, 15) is 19.6 Å². The molecule has 228 valence electrons. The zero-order valence-corrected chi connectivity index (χ0v) is 24.9. The molecule has 3 aliphatic rings. The molecule has 1 aliphatic carbocycles. The van der Waals surface area contributed by atoms with Crippen LogP contribution in [0.1, 0.15) is 36.6 Å². The molecule has 0 bridgehead atoms. The van der Waals surface area contributed by atoms with Crippen LogP contribution >= 0.6 is 11.3 Å². The van der Waals surface area contributed by atoms with Gasteiger partial charge in [0.05, 0.1) is 17.1 Å². The van der Waals surface area contributed by atoms with E-state index in [1.807, 2.05) is 21.5 Å². The molecule has 0 unspecified atom stereocenters. The molecule has 0 radical (unpaired) electrons. The molecule has 3 aromatic heterocycles. The maximum atomic E-state index is 15.5. The van der Waals surface area contributed by atoms with Gasteiger partial charge >= 0.3 is 0 Å². The summed E-state index contributed by atoms with van der Waals surface area (Å²) in [6, 6.07) is 9.95. The van der Waals surface area contributed by atoms with Crippen LogP contribution in [0.25, 0.3) is 22.3 Å². The maximum Gasteiger partial charge on any atom is 0.254 e. The zero-order chi connectivity index (χ0) is 30.6. The first-order chi connectivity index (χ1) is 21.3. The van der Waals surface area contributed by atoms with Gasteiger partial charge in [0.2, 0.25) is 5.95 Å². The molecule has 1 saturated carbocycles. The molecule has 2 aliphatic heterocycles. The largest absolute Gasteiger partial charge is 0.381 e. The Hall–Kier alpha value is -4.19. The quantitative estimate of drug-likeness (QED) is 0.319. The normalized spacial score (nSPS) is 18.4. The summed E-state index contributed by atoms with van der Waals surface area (Å²) in [7, 11) is 1.83. The number of nitriles is 1. The molecule has 4 aromatic rings. The van der Waals surface area contributed by atoms with Crippen molar-refractivity contribution in [2.45, 2.75) is 37.3 Å². The Bertz CT molecular complexity index is 1770. The first-order valence-corrected chi connectivity index (χ1v) is 15.4. The fourth-order valence-corrected chi connectivity index (χ4v) is 6.75. The average Bonchev–Trinajstić information content (AvgIpc) is 3.69. The molecule has 0 spiro atoms. The van der Waals surface area contributed by atoms with Gasteiger partial charge in [0, 0.05) is 64.8 Å². The Kier molecular flexibility index (Phi) is 7.19. The van der Waals surface area contributed by atoms with Crippen molar-refractivity contribution in [1.82, 2.24) is 24.6 Å². The third-order valence-corrected chi connectivity index (χ3v) is 9.59. The Morgan fingerprint density at radius 3 is 2.50 bits per heavy atom. The van der Waals surface area contributed by atoms with Crippen molar-refractivity contribution in [3.63, 3.8) is 0 Å². The molecule has 3 fully saturated rings. The summed E-state index contributed by atoms with van der Waals surface area (Å²) in [5, 5.41) is 26.6. The number of ether oxygens (including phenoxy) is 1. The number of anilines is 3. The Morgan fingerprint density at radius 1 is 1.14 bits per heavy atom. The van der Waals surface area contributed by atoms with E-state index in [1.54, 1.807) is 23.1 Å². The van der Waals surface area contributed by atoms with Crippen LogP contribution in [0.5, 0.6) is 0 Å². The van der Waals surface area contributed by atoms with E-state index in [0.29, 0.717) is 77.6 Å². The van der Waals surface area contributed by atoms with Gasteiger partial charge in [-0.05, 0) is 43.2 Å². The molecule has 11 nitrogen and oxygen atoms in total. The summed E-state index contributed by atoms with van der Waals surface area (Å²) >= 11 is 1.21. The molecule has 0 atom stereocenters. The van der Waals surface area contributed by atoms with Gasteiger partial charge in [0.15, 0.2) is 10.8 Å². The van der Waals surface area contributed by atoms with Crippen LogP contribution in [-0.2, 0) is 9.53 Å². The van der Waals surface area contributed by atoms with E-state index >= 15 is 4.39 Å². The van der Waals surface area contributed by atoms with Gasteiger partial charge in [0.1, 0.15) is 33.9 Å². The van der Waals surface area contributed by atoms with Gasteiger partial charge in [0.25, 0.3) is 5.91 Å². The number of aromatic nitrogens is 4. The fourth-order valence-electron chi connectivity index (χ4n) is 5.90. The predicted molar refractivity (Wildman–Crippen MR) is 160 cm³/mol. The lowest BCUT2D eigenvalue weighted by molar-refractivity contribution is -0.161. The van der Waals surface area contributed by atoms with E-state index in [4.69, 9.17) is 9.72 Å². The van der Waals surface area contributed by atoms with Gasteiger partial charge in [-0.1, -0.05) is 11.3 Å². The predicted octanol–water partition coefficient (Wildman–Crippen LogP) is 4.00. The number of aliphatic hydroxyl groups is 1. The van der Waals surface area contributed by atoms with Gasteiger partial charge in [-0.15, -0.1) is 0 Å². The van der Waals surface area contributed by atoms with E-state index in [-0.39, 0.29) is 36.3 Å². The number of thiazole rings is 1. The number of carbonyl (C=O) groups is 1. The van der Waals surface area contributed by atoms with Crippen molar-refractivity contribution >= 4 is 44.9 Å². The van der Waals surface area contributed by atoms with Crippen molar-refractivity contribution in [1.29, 1.82) is 5.26 Å². The van der Waals surface area contributed by atoms with E-state index < -0.39 is 11.5 Å². The maximum absolute atomic E-state index is 15.5. The van der Waals surface area contributed by atoms with Crippen LogP contribution < -0.4 is 9.80 Å². The summed E-state index contributed by atoms with van der Waals surface area (Å²) < 4.78 is 36.2. The molecule has 1 aromatic carbocycles. The van der Waals surface area contributed by atoms with Crippen LogP contribution in [0.15, 0.2) is 30.3 Å². The van der Waals surface area contributed by atoms with E-state index in [2.05, 4.69) is 16.2 Å². The minimum Gasteiger partial charge on any atom is -0.381 e. The van der Waals surface area contributed by atoms with Crippen molar-refractivity contribution in [2.24, 2.45) is 0 Å². The molecule has 44 heavy (non-hydrogen) atoms. The lowest BCUT2D eigenvalue weighted by atomic mass is 9.92. The highest BCUT2D eigenvalue weighted by molar-refractivity contribution is 7.16. The summed E-state index contributed by atoms with van der Waals surface area (Å²) in [5.74, 6) is -0.630. The SMILES string of the molecule is CN(c1nc(-c2ccc(F)cc2)c(C#N)s1)c1c2cc(N3CCN(C(=O)C4(O)CCOCC4)CC3)c(F)nc2nn1C1CC1. The second kappa shape index (κ2) is 11.1. The molecule has 2 saturated heterocycles. The van der Waals surface area contributed by atoms with E-state index in [0.717, 1.165) is 12.8 Å². The first kappa shape index (κ1) is 28.6. The fraction of sp³-hybridized carbons (Fsp3) is 0.433. The highest BCUT2D eigenvalue weighted by Gasteiger charge is 2.41. The highest BCUT2D eigenvalue weighted by Crippen LogP contribution is 2.44. The molecule has 14 heteroatoms. The number of amides is 1. The molecule has 1 N–H and O–H groups in total. The monoisotopic (exact) mass is 620 g/mol. The molecular weight excluding hydrogens is 590 g/mol. The zero-order valence-electron chi connectivity index (χ0n) is 24.0. The number of rotatable bonds is 6. The summed E-state index contributed by atoms with van der Waals surface area (Å²) in [5.41, 5.74) is 0.256. The van der Waals surface area contributed by atoms with Gasteiger partial charge in [-0.2, -0.15) is 19.7 Å². The van der Waals surface area contributed by atoms with Crippen molar-refractivity contribution in [2.75, 3.05) is 56.2 Å². The lowest BCUT2D eigenvalue weighted by Gasteiger charge is -2.40. The number of nitrogens with zero attached hydrogens (tertiary/aromatic N) is 8. The minimum atomic E-state index is -1.42. The number of halogens is 2. The highest BCUT2D eigenvalue weighted by atomic mass is 32.1. The molecule has 5 heterocycles. The molecular formula is C30H30F2N8O3S. The number of carbonyl (C=O) groups excluding carboxylic acids is 1. The topological polar surface area (TPSA) is 124 Å². The minimum absolute atomic E-state index is 0.144. The number of benzene rings is 1. The van der Waals surface area contributed by atoms with Gasteiger partial charge in [-0.3, -0.25) is 4.79 Å². The number of pyridine rings is 1. The average molecular weight is 621 g/mol. The number of fused-ring (bicyclic) bond motifs is 1. The Labute approximate surface area is 255 Å². The summed E-state index contributed by atoms with van der Waals surface area (Å²) in [6.07, 6.45) is 2.40. The second-order valence-corrected chi connectivity index (χ2v) is 12.4. The smallest absolute Gasteiger partial charge is 0.254 e. The van der Waals surface area contributed by atoms with Crippen LogP contribution in [-0.4, -0.2) is 87.7 Å². The Balaban J connectivity index is 1.19. The number of hydrogen-bond acceptors (Lipinski definition) is 10. The lowest BCUT2D eigenvalue weighted by Crippen LogP contribution is -2.57. The van der Waals surface area contributed by atoms with Gasteiger partial charge < -0.3 is 24.5 Å². The van der Waals surface area contributed by atoms with Crippen LogP contribution in [0.2, 0.25) is 0 Å². The Morgan fingerprint density at radius 2 is 1.84 bits per heavy atom. The van der Waals surface area contributed by atoms with Crippen molar-refractivity contribution in [3.8, 4) is 17.3 Å². The third kappa shape index (κ3) is 5.04. The first-order valence-electron chi connectivity index (χ1n) is 14.6. The van der Waals surface area contributed by atoms with Crippen molar-refractivity contribution in [3.05, 3.63) is 47.0 Å². The molecule has 7 rings (SSSR count). The van der Waals surface area contributed by atoms with E-state index in [1.165, 1.54) is 23.5 Å².